The summed E-state index contributed by atoms with van der Waals surface area (Å²) in [4.78, 5) is 17.0. The van der Waals surface area contributed by atoms with E-state index in [0.717, 1.165) is 17.5 Å². The van der Waals surface area contributed by atoms with E-state index in [4.69, 9.17) is 9.26 Å². The summed E-state index contributed by atoms with van der Waals surface area (Å²) in [6.07, 6.45) is -4.58. The van der Waals surface area contributed by atoms with E-state index < -0.39 is 11.7 Å². The van der Waals surface area contributed by atoms with Crippen LogP contribution in [0.1, 0.15) is 21.7 Å². The Morgan fingerprint density at radius 3 is 2.47 bits per heavy atom. The van der Waals surface area contributed by atoms with Crippen LogP contribution in [-0.4, -0.2) is 49.3 Å². The first-order valence-corrected chi connectivity index (χ1v) is 10.1. The van der Waals surface area contributed by atoms with E-state index in [1.165, 1.54) is 25.1 Å². The van der Waals surface area contributed by atoms with Gasteiger partial charge in [0.2, 0.25) is 0 Å². The number of hydrogen-bond donors (Lipinski definition) is 0. The smallest absolute Gasteiger partial charge is 0.417 e. The van der Waals surface area contributed by atoms with Crippen molar-refractivity contribution in [1.29, 1.82) is 0 Å². The van der Waals surface area contributed by atoms with Crippen LogP contribution >= 0.6 is 0 Å². The number of carbonyl (C=O) groups excluding carboxylic acids is 1. The van der Waals surface area contributed by atoms with Gasteiger partial charge in [-0.3, -0.25) is 4.79 Å². The fraction of sp³-hybridized carbons (Fsp3) is 0.304. The summed E-state index contributed by atoms with van der Waals surface area (Å²) in [6.45, 7) is 3.53. The lowest BCUT2D eigenvalue weighted by molar-refractivity contribution is -0.137. The van der Waals surface area contributed by atoms with Crippen LogP contribution in [-0.2, 0) is 6.18 Å². The lowest BCUT2D eigenvalue weighted by atomic mass is 9.99. The van der Waals surface area contributed by atoms with Crippen LogP contribution in [0.15, 0.2) is 53.1 Å². The predicted molar refractivity (Wildman–Crippen MR) is 113 cm³/mol. The molecule has 0 saturated carbocycles. The molecule has 1 fully saturated rings. The molecular formula is C23H22F3N3O3. The summed E-state index contributed by atoms with van der Waals surface area (Å²) in [7, 11) is 1.60. The van der Waals surface area contributed by atoms with E-state index in [1.807, 2.05) is 24.3 Å². The second-order valence-corrected chi connectivity index (χ2v) is 7.49. The molecule has 2 heterocycles. The molecule has 0 radical (unpaired) electrons. The highest BCUT2D eigenvalue weighted by Crippen LogP contribution is 2.38. The van der Waals surface area contributed by atoms with Gasteiger partial charge in [-0.25, -0.2) is 0 Å². The number of alkyl halides is 3. The highest BCUT2D eigenvalue weighted by atomic mass is 19.4. The zero-order valence-electron chi connectivity index (χ0n) is 17.6. The van der Waals surface area contributed by atoms with Gasteiger partial charge >= 0.3 is 6.18 Å². The van der Waals surface area contributed by atoms with Crippen molar-refractivity contribution in [3.05, 3.63) is 65.4 Å². The fourth-order valence-electron chi connectivity index (χ4n) is 3.88. The minimum Gasteiger partial charge on any atom is -0.497 e. The molecule has 1 saturated heterocycles. The Labute approximate surface area is 183 Å². The monoisotopic (exact) mass is 445 g/mol. The number of hydrogen-bond acceptors (Lipinski definition) is 5. The number of rotatable bonds is 4. The van der Waals surface area contributed by atoms with Gasteiger partial charge in [0.25, 0.3) is 5.91 Å². The number of ether oxygens (including phenoxy) is 1. The number of nitrogens with zero attached hydrogens (tertiary/aromatic N) is 3. The summed E-state index contributed by atoms with van der Waals surface area (Å²) in [5, 5.41) is 3.81. The molecule has 2 aromatic carbocycles. The summed E-state index contributed by atoms with van der Waals surface area (Å²) in [5.74, 6) is 0.548. The maximum absolute atomic E-state index is 13.5. The quantitative estimate of drug-likeness (QED) is 0.586. The Morgan fingerprint density at radius 1 is 1.06 bits per heavy atom. The largest absolute Gasteiger partial charge is 0.497 e. The molecule has 9 heteroatoms. The zero-order valence-corrected chi connectivity index (χ0v) is 17.6. The summed E-state index contributed by atoms with van der Waals surface area (Å²) in [6, 6.07) is 12.7. The van der Waals surface area contributed by atoms with Gasteiger partial charge in [-0.1, -0.05) is 29.4 Å². The van der Waals surface area contributed by atoms with E-state index in [2.05, 4.69) is 10.1 Å². The van der Waals surface area contributed by atoms with Crippen molar-refractivity contribution in [2.75, 3.05) is 38.2 Å². The summed E-state index contributed by atoms with van der Waals surface area (Å²) in [5.41, 5.74) is -0.0648. The summed E-state index contributed by atoms with van der Waals surface area (Å²) >= 11 is 0. The number of carbonyl (C=O) groups is 1. The molecule has 6 nitrogen and oxygen atoms in total. The van der Waals surface area contributed by atoms with Gasteiger partial charge < -0.3 is 19.1 Å². The number of piperazine rings is 1. The average molecular weight is 445 g/mol. The molecule has 0 unspecified atom stereocenters. The third kappa shape index (κ3) is 4.15. The molecule has 168 valence electrons. The van der Waals surface area contributed by atoms with Crippen LogP contribution in [0, 0.1) is 6.92 Å². The molecule has 3 aromatic rings. The van der Waals surface area contributed by atoms with Gasteiger partial charge in [0.05, 0.1) is 12.7 Å². The number of aryl methyl sites for hydroxylation is 1. The molecule has 1 aliphatic rings. The minimum atomic E-state index is -4.58. The van der Waals surface area contributed by atoms with E-state index in [0.29, 0.717) is 26.2 Å². The molecule has 0 aliphatic carbocycles. The minimum absolute atomic E-state index is 0.0662. The van der Waals surface area contributed by atoms with Gasteiger partial charge in [-0.05, 0) is 25.1 Å². The number of aromatic nitrogens is 1. The third-order valence-electron chi connectivity index (χ3n) is 5.55. The van der Waals surface area contributed by atoms with Crippen LogP contribution in [0.25, 0.3) is 11.3 Å². The van der Waals surface area contributed by atoms with Gasteiger partial charge in [0, 0.05) is 43.5 Å². The number of methoxy groups -OCH3 is 1. The Kier molecular flexibility index (Phi) is 5.82. The van der Waals surface area contributed by atoms with Gasteiger partial charge in [0.15, 0.2) is 0 Å². The van der Waals surface area contributed by atoms with Crippen molar-refractivity contribution < 1.29 is 27.2 Å². The van der Waals surface area contributed by atoms with Crippen molar-refractivity contribution in [3.63, 3.8) is 0 Å². The SMILES string of the molecule is COc1cccc(N2CCN(C(=O)c3c(-c4ccccc4C(F)(F)F)noc3C)CC2)c1. The first-order chi connectivity index (χ1) is 15.3. The Bertz CT molecular complexity index is 1120. The van der Waals surface area contributed by atoms with Gasteiger partial charge in [-0.15, -0.1) is 0 Å². The second-order valence-electron chi connectivity index (χ2n) is 7.49. The maximum Gasteiger partial charge on any atom is 0.417 e. The van der Waals surface area contributed by atoms with Gasteiger partial charge in [-0.2, -0.15) is 13.2 Å². The average Bonchev–Trinajstić information content (AvgIpc) is 3.19. The Balaban J connectivity index is 1.57. The number of benzene rings is 2. The van der Waals surface area contributed by atoms with Crippen LogP contribution in [0.3, 0.4) is 0 Å². The number of anilines is 1. The number of amides is 1. The highest BCUT2D eigenvalue weighted by Gasteiger charge is 2.36. The van der Waals surface area contributed by atoms with Crippen molar-refractivity contribution in [1.82, 2.24) is 10.1 Å². The van der Waals surface area contributed by atoms with E-state index >= 15 is 0 Å². The fourth-order valence-corrected chi connectivity index (χ4v) is 3.88. The van der Waals surface area contributed by atoms with Crippen molar-refractivity contribution in [2.45, 2.75) is 13.1 Å². The number of halogens is 3. The standard InChI is InChI=1S/C23H22F3N3O3/c1-15-20(21(27-32-15)18-8-3-4-9-19(18)23(24,25)26)22(30)29-12-10-28(11-13-29)16-6-5-7-17(14-16)31-2/h3-9,14H,10-13H2,1-2H3. The molecule has 1 amide bonds. The Hall–Kier alpha value is -3.49. The van der Waals surface area contributed by atoms with E-state index in [-0.39, 0.29) is 28.5 Å². The molecule has 0 N–H and O–H groups in total. The molecule has 1 aromatic heterocycles. The molecule has 1 aliphatic heterocycles. The van der Waals surface area contributed by atoms with Crippen molar-refractivity contribution in [3.8, 4) is 17.0 Å². The van der Waals surface area contributed by atoms with Crippen molar-refractivity contribution in [2.24, 2.45) is 0 Å². The highest BCUT2D eigenvalue weighted by molar-refractivity contribution is 6.01. The first kappa shape index (κ1) is 21.7. The van der Waals surface area contributed by atoms with Crippen LogP contribution < -0.4 is 9.64 Å². The van der Waals surface area contributed by atoms with Crippen LogP contribution in [0.4, 0.5) is 18.9 Å². The van der Waals surface area contributed by atoms with Crippen molar-refractivity contribution >= 4 is 11.6 Å². The maximum atomic E-state index is 13.5. The molecule has 0 spiro atoms. The Morgan fingerprint density at radius 2 is 1.78 bits per heavy atom. The first-order valence-electron chi connectivity index (χ1n) is 10.1. The zero-order chi connectivity index (χ0) is 22.9. The third-order valence-corrected chi connectivity index (χ3v) is 5.55. The molecule has 0 bridgehead atoms. The van der Waals surface area contributed by atoms with E-state index in [9.17, 15) is 18.0 Å². The lowest BCUT2D eigenvalue weighted by Gasteiger charge is -2.36. The predicted octanol–water partition coefficient (Wildman–Crippen LogP) is 4.64. The van der Waals surface area contributed by atoms with E-state index in [1.54, 1.807) is 12.0 Å². The molecule has 32 heavy (non-hydrogen) atoms. The molecular weight excluding hydrogens is 423 g/mol. The van der Waals surface area contributed by atoms with Crippen LogP contribution in [0.5, 0.6) is 5.75 Å². The van der Waals surface area contributed by atoms with Gasteiger partial charge in [0.1, 0.15) is 22.8 Å². The van der Waals surface area contributed by atoms with Crippen LogP contribution in [0.2, 0.25) is 0 Å². The second kappa shape index (κ2) is 8.57. The lowest BCUT2D eigenvalue weighted by Crippen LogP contribution is -2.49. The summed E-state index contributed by atoms with van der Waals surface area (Å²) < 4.78 is 51.0. The molecule has 4 rings (SSSR count). The molecule has 0 atom stereocenters. The normalized spacial score (nSPS) is 14.5. The topological polar surface area (TPSA) is 58.8 Å².